The fourth-order valence-electron chi connectivity index (χ4n) is 2.16. The molecule has 2 heterocycles. The molecule has 2 N–H and O–H groups in total. The number of hydrogen-bond donors (Lipinski definition) is 2. The average Bonchev–Trinajstić information content (AvgIpc) is 2.45. The van der Waals surface area contributed by atoms with Crippen LogP contribution < -0.4 is 10.2 Å². The molecule has 1 aromatic rings. The summed E-state index contributed by atoms with van der Waals surface area (Å²) in [5, 5.41) is 12.6. The smallest absolute Gasteiger partial charge is 0.225 e. The number of aromatic nitrogens is 2. The van der Waals surface area contributed by atoms with Gasteiger partial charge in [-0.1, -0.05) is 0 Å². The van der Waals surface area contributed by atoms with E-state index in [1.54, 1.807) is 0 Å². The van der Waals surface area contributed by atoms with Gasteiger partial charge in [0, 0.05) is 36.6 Å². The predicted octanol–water partition coefficient (Wildman–Crippen LogP) is 0.951. The van der Waals surface area contributed by atoms with Crippen LogP contribution in [0.2, 0.25) is 0 Å². The Kier molecular flexibility index (Phi) is 5.13. The molecule has 2 atom stereocenters. The number of ether oxygens (including phenoxy) is 1. The van der Waals surface area contributed by atoms with Crippen LogP contribution in [0.3, 0.4) is 0 Å². The third-order valence-electron chi connectivity index (χ3n) is 3.48. The van der Waals surface area contributed by atoms with E-state index in [2.05, 4.69) is 47.9 Å². The monoisotopic (exact) mass is 294 g/mol. The van der Waals surface area contributed by atoms with Gasteiger partial charge < -0.3 is 20.1 Å². The Morgan fingerprint density at radius 2 is 2.05 bits per heavy atom. The number of nitrogens with one attached hydrogen (secondary N) is 1. The van der Waals surface area contributed by atoms with Gasteiger partial charge in [0.15, 0.2) is 0 Å². The molecule has 0 bridgehead atoms. The molecule has 21 heavy (non-hydrogen) atoms. The number of aliphatic hydroxyl groups excluding tert-OH is 1. The lowest BCUT2D eigenvalue weighted by Crippen LogP contribution is -2.50. The Hall–Kier alpha value is -1.24. The summed E-state index contributed by atoms with van der Waals surface area (Å²) in [6.45, 7) is 10.5. The maximum absolute atomic E-state index is 9.23. The van der Waals surface area contributed by atoms with Crippen molar-refractivity contribution in [1.82, 2.24) is 15.3 Å². The second-order valence-corrected chi connectivity index (χ2v) is 6.63. The molecule has 6 nitrogen and oxygen atoms in total. The summed E-state index contributed by atoms with van der Waals surface area (Å²) < 4.78 is 5.53. The van der Waals surface area contributed by atoms with Crippen molar-refractivity contribution >= 4 is 5.95 Å². The van der Waals surface area contributed by atoms with Crippen LogP contribution in [0.25, 0.3) is 0 Å². The van der Waals surface area contributed by atoms with Gasteiger partial charge in [0.2, 0.25) is 5.95 Å². The van der Waals surface area contributed by atoms with Crippen molar-refractivity contribution in [2.24, 2.45) is 0 Å². The highest BCUT2D eigenvalue weighted by atomic mass is 16.5. The molecule has 1 fully saturated rings. The lowest BCUT2D eigenvalue weighted by atomic mass is 10.1. The van der Waals surface area contributed by atoms with E-state index in [4.69, 9.17) is 4.74 Å². The molecular weight excluding hydrogens is 268 g/mol. The van der Waals surface area contributed by atoms with Crippen LogP contribution in [0.5, 0.6) is 0 Å². The standard InChI is InChI=1S/C15H26N4O2/c1-11-10-21-13(9-20)8-19(11)14-16-5-12(6-17-14)7-18-15(2,3)4/h5-6,11,13,18,20H,7-10H2,1-4H3. The SMILES string of the molecule is CC1COC(CO)CN1c1ncc(CNC(C)(C)C)cn1. The maximum Gasteiger partial charge on any atom is 0.225 e. The molecule has 1 aliphatic rings. The van der Waals surface area contributed by atoms with Gasteiger partial charge in [0.1, 0.15) is 0 Å². The van der Waals surface area contributed by atoms with E-state index in [0.717, 1.165) is 12.1 Å². The fourth-order valence-corrected chi connectivity index (χ4v) is 2.16. The van der Waals surface area contributed by atoms with Gasteiger partial charge in [-0.25, -0.2) is 9.97 Å². The van der Waals surface area contributed by atoms with Gasteiger partial charge >= 0.3 is 0 Å². The van der Waals surface area contributed by atoms with Gasteiger partial charge in [0.05, 0.1) is 25.4 Å². The molecule has 0 amide bonds. The Morgan fingerprint density at radius 3 is 2.62 bits per heavy atom. The molecule has 1 saturated heterocycles. The van der Waals surface area contributed by atoms with Crippen molar-refractivity contribution < 1.29 is 9.84 Å². The van der Waals surface area contributed by atoms with Crippen molar-refractivity contribution in [2.75, 3.05) is 24.7 Å². The van der Waals surface area contributed by atoms with Crippen molar-refractivity contribution in [1.29, 1.82) is 0 Å². The van der Waals surface area contributed by atoms with Gasteiger partial charge in [-0.2, -0.15) is 0 Å². The Morgan fingerprint density at radius 1 is 1.38 bits per heavy atom. The molecule has 2 rings (SSSR count). The molecule has 1 aliphatic heterocycles. The number of anilines is 1. The molecule has 0 spiro atoms. The second-order valence-electron chi connectivity index (χ2n) is 6.63. The minimum atomic E-state index is -0.160. The molecule has 0 saturated carbocycles. The molecule has 6 heteroatoms. The zero-order valence-electron chi connectivity index (χ0n) is 13.3. The Bertz CT molecular complexity index is 444. The van der Waals surface area contributed by atoms with E-state index in [0.29, 0.717) is 19.1 Å². The van der Waals surface area contributed by atoms with Crippen LogP contribution in [0.4, 0.5) is 5.95 Å². The van der Waals surface area contributed by atoms with Gasteiger partial charge in [-0.3, -0.25) is 0 Å². The summed E-state index contributed by atoms with van der Waals surface area (Å²) in [7, 11) is 0. The Balaban J connectivity index is 2.00. The van der Waals surface area contributed by atoms with E-state index in [-0.39, 0.29) is 24.3 Å². The summed E-state index contributed by atoms with van der Waals surface area (Å²) in [5.41, 5.74) is 1.14. The van der Waals surface area contributed by atoms with E-state index in [1.807, 2.05) is 12.4 Å². The normalized spacial score (nSPS) is 23.4. The highest BCUT2D eigenvalue weighted by Gasteiger charge is 2.27. The molecule has 118 valence electrons. The first-order valence-electron chi connectivity index (χ1n) is 7.44. The first-order chi connectivity index (χ1) is 9.89. The van der Waals surface area contributed by atoms with Crippen molar-refractivity contribution in [3.63, 3.8) is 0 Å². The zero-order chi connectivity index (χ0) is 15.5. The lowest BCUT2D eigenvalue weighted by molar-refractivity contribution is -0.0108. The third kappa shape index (κ3) is 4.62. The highest BCUT2D eigenvalue weighted by Crippen LogP contribution is 2.17. The van der Waals surface area contributed by atoms with Gasteiger partial charge in [0.25, 0.3) is 0 Å². The highest BCUT2D eigenvalue weighted by molar-refractivity contribution is 5.32. The van der Waals surface area contributed by atoms with E-state index in [1.165, 1.54) is 0 Å². The minimum absolute atomic E-state index is 0.0246. The summed E-state index contributed by atoms with van der Waals surface area (Å²) in [6.07, 6.45) is 3.56. The molecular formula is C15H26N4O2. The van der Waals surface area contributed by atoms with E-state index < -0.39 is 0 Å². The maximum atomic E-state index is 9.23. The van der Waals surface area contributed by atoms with Gasteiger partial charge in [-0.05, 0) is 27.7 Å². The molecule has 0 aliphatic carbocycles. The zero-order valence-corrected chi connectivity index (χ0v) is 13.3. The van der Waals surface area contributed by atoms with Crippen molar-refractivity contribution in [3.05, 3.63) is 18.0 Å². The summed E-state index contributed by atoms with van der Waals surface area (Å²) in [5.74, 6) is 0.698. The molecule has 2 unspecified atom stereocenters. The third-order valence-corrected chi connectivity index (χ3v) is 3.48. The number of rotatable bonds is 4. The van der Waals surface area contributed by atoms with Gasteiger partial charge in [-0.15, -0.1) is 0 Å². The quantitative estimate of drug-likeness (QED) is 0.861. The predicted molar refractivity (Wildman–Crippen MR) is 82.3 cm³/mol. The van der Waals surface area contributed by atoms with Crippen LogP contribution >= 0.6 is 0 Å². The topological polar surface area (TPSA) is 70.5 Å². The number of nitrogens with zero attached hydrogens (tertiary/aromatic N) is 3. The number of morpholine rings is 1. The van der Waals surface area contributed by atoms with Crippen LogP contribution in [0.15, 0.2) is 12.4 Å². The lowest BCUT2D eigenvalue weighted by Gasteiger charge is -2.37. The summed E-state index contributed by atoms with van der Waals surface area (Å²) in [4.78, 5) is 11.0. The second kappa shape index (κ2) is 6.68. The number of aliphatic hydroxyl groups is 1. The first kappa shape index (κ1) is 16.1. The molecule has 0 aromatic carbocycles. The van der Waals surface area contributed by atoms with E-state index >= 15 is 0 Å². The minimum Gasteiger partial charge on any atom is -0.394 e. The van der Waals surface area contributed by atoms with Crippen LogP contribution in [-0.2, 0) is 11.3 Å². The summed E-state index contributed by atoms with van der Waals surface area (Å²) >= 11 is 0. The first-order valence-corrected chi connectivity index (χ1v) is 7.44. The van der Waals surface area contributed by atoms with Crippen molar-refractivity contribution in [3.8, 4) is 0 Å². The molecule has 0 radical (unpaired) electrons. The summed E-state index contributed by atoms with van der Waals surface area (Å²) in [6, 6.07) is 0.214. The van der Waals surface area contributed by atoms with Crippen molar-refractivity contribution in [2.45, 2.75) is 51.9 Å². The van der Waals surface area contributed by atoms with Crippen LogP contribution in [0.1, 0.15) is 33.3 Å². The Labute approximate surface area is 126 Å². The largest absolute Gasteiger partial charge is 0.394 e. The van der Waals surface area contributed by atoms with Crippen LogP contribution in [0, 0.1) is 0 Å². The van der Waals surface area contributed by atoms with E-state index in [9.17, 15) is 5.11 Å². The average molecular weight is 294 g/mol. The molecule has 1 aromatic heterocycles. The van der Waals surface area contributed by atoms with Crippen LogP contribution in [-0.4, -0.2) is 52.5 Å². The number of hydrogen-bond acceptors (Lipinski definition) is 6. The fraction of sp³-hybridized carbons (Fsp3) is 0.733.